The maximum absolute atomic E-state index is 4.67. The van der Waals surface area contributed by atoms with Crippen LogP contribution in [-0.4, -0.2) is 4.98 Å². The molecule has 0 fully saturated rings. The summed E-state index contributed by atoms with van der Waals surface area (Å²) in [6.45, 7) is 4.66. The fourth-order valence-electron chi connectivity index (χ4n) is 4.09. The molecule has 1 aliphatic carbocycles. The molecule has 3 aromatic carbocycles. The fraction of sp³-hybridized carbons (Fsp3) is 0.150. The Bertz CT molecular complexity index is 973. The Morgan fingerprint density at radius 1 is 0.714 bits per heavy atom. The minimum Gasteiger partial charge on any atom is -0.256 e. The molecule has 0 saturated heterocycles. The Morgan fingerprint density at radius 3 is 2.10 bits per heavy atom. The minimum atomic E-state index is 0.0682. The SMILES string of the molecule is CC1(C)c2cccc3c4cccnc4c4cccc1c4c23. The van der Waals surface area contributed by atoms with Crippen molar-refractivity contribution in [3.63, 3.8) is 0 Å². The third-order valence-corrected chi connectivity index (χ3v) is 5.08. The molecule has 1 nitrogen and oxygen atoms in total. The molecule has 1 aromatic heterocycles. The fourth-order valence-corrected chi connectivity index (χ4v) is 4.09. The van der Waals surface area contributed by atoms with E-state index in [1.165, 1.54) is 38.1 Å². The van der Waals surface area contributed by atoms with Crippen LogP contribution in [0.5, 0.6) is 0 Å². The molecule has 4 aromatic rings. The number of pyridine rings is 1. The van der Waals surface area contributed by atoms with E-state index < -0.39 is 0 Å². The van der Waals surface area contributed by atoms with E-state index in [4.69, 9.17) is 0 Å². The van der Waals surface area contributed by atoms with Gasteiger partial charge in [-0.1, -0.05) is 56.3 Å². The van der Waals surface area contributed by atoms with Crippen LogP contribution in [0, 0.1) is 0 Å². The van der Waals surface area contributed by atoms with Gasteiger partial charge in [-0.3, -0.25) is 4.98 Å². The Hall–Kier alpha value is -2.41. The molecule has 0 saturated carbocycles. The molecule has 100 valence electrons. The van der Waals surface area contributed by atoms with Crippen LogP contribution in [0.15, 0.2) is 54.7 Å². The average molecular weight is 269 g/mol. The van der Waals surface area contributed by atoms with Gasteiger partial charge >= 0.3 is 0 Å². The van der Waals surface area contributed by atoms with Crippen molar-refractivity contribution in [1.82, 2.24) is 4.98 Å². The number of nitrogens with zero attached hydrogens (tertiary/aromatic N) is 1. The number of hydrogen-bond acceptors (Lipinski definition) is 1. The number of fused-ring (bicyclic) bond motifs is 3. The molecule has 0 unspecified atom stereocenters. The molecule has 1 heteroatoms. The molecule has 0 aliphatic heterocycles. The lowest BCUT2D eigenvalue weighted by Crippen LogP contribution is -2.14. The molecule has 5 rings (SSSR count). The maximum Gasteiger partial charge on any atom is 0.0786 e. The average Bonchev–Trinajstić information content (AvgIpc) is 2.76. The van der Waals surface area contributed by atoms with Gasteiger partial charge in [-0.15, -0.1) is 0 Å². The molecule has 0 bridgehead atoms. The number of aromatic nitrogens is 1. The molecule has 0 amide bonds. The second-order valence-corrected chi connectivity index (χ2v) is 6.48. The van der Waals surface area contributed by atoms with Crippen molar-refractivity contribution < 1.29 is 0 Å². The Kier molecular flexibility index (Phi) is 1.84. The summed E-state index contributed by atoms with van der Waals surface area (Å²) in [5, 5.41) is 6.71. The molecular formula is C20H15N. The van der Waals surface area contributed by atoms with Crippen LogP contribution in [-0.2, 0) is 5.41 Å². The normalized spacial score (nSPS) is 15.5. The third kappa shape index (κ3) is 1.16. The van der Waals surface area contributed by atoms with Gasteiger partial charge in [0, 0.05) is 22.4 Å². The molecule has 0 N–H and O–H groups in total. The zero-order chi connectivity index (χ0) is 14.2. The first-order chi connectivity index (χ1) is 10.2. The highest BCUT2D eigenvalue weighted by Gasteiger charge is 2.34. The number of benzene rings is 3. The highest BCUT2D eigenvalue weighted by Crippen LogP contribution is 2.50. The molecule has 0 spiro atoms. The van der Waals surface area contributed by atoms with Gasteiger partial charge < -0.3 is 0 Å². The topological polar surface area (TPSA) is 12.9 Å². The van der Waals surface area contributed by atoms with Crippen LogP contribution in [0.1, 0.15) is 25.0 Å². The third-order valence-electron chi connectivity index (χ3n) is 5.08. The molecular weight excluding hydrogens is 254 g/mol. The van der Waals surface area contributed by atoms with Crippen molar-refractivity contribution in [3.05, 3.63) is 65.9 Å². The van der Waals surface area contributed by atoms with E-state index in [-0.39, 0.29) is 5.41 Å². The van der Waals surface area contributed by atoms with E-state index in [1.54, 1.807) is 0 Å². The predicted octanol–water partition coefficient (Wildman–Crippen LogP) is 5.18. The largest absolute Gasteiger partial charge is 0.256 e. The van der Waals surface area contributed by atoms with Crippen LogP contribution < -0.4 is 0 Å². The lowest BCUT2D eigenvalue weighted by molar-refractivity contribution is 0.663. The number of rotatable bonds is 0. The van der Waals surface area contributed by atoms with E-state index >= 15 is 0 Å². The van der Waals surface area contributed by atoms with E-state index in [1.807, 2.05) is 12.3 Å². The van der Waals surface area contributed by atoms with E-state index in [0.717, 1.165) is 5.52 Å². The van der Waals surface area contributed by atoms with Crippen molar-refractivity contribution in [2.75, 3.05) is 0 Å². The second kappa shape index (κ2) is 3.43. The monoisotopic (exact) mass is 269 g/mol. The summed E-state index contributed by atoms with van der Waals surface area (Å²) >= 11 is 0. The van der Waals surface area contributed by atoms with E-state index in [2.05, 4.69) is 61.3 Å². The van der Waals surface area contributed by atoms with Crippen LogP contribution in [0.25, 0.3) is 32.4 Å². The Balaban J connectivity index is 2.26. The van der Waals surface area contributed by atoms with Gasteiger partial charge in [0.15, 0.2) is 0 Å². The highest BCUT2D eigenvalue weighted by molar-refractivity contribution is 6.27. The first kappa shape index (κ1) is 11.3. The van der Waals surface area contributed by atoms with Crippen molar-refractivity contribution in [1.29, 1.82) is 0 Å². The Labute approximate surface area is 123 Å². The summed E-state index contributed by atoms with van der Waals surface area (Å²) in [5.74, 6) is 0. The van der Waals surface area contributed by atoms with Crippen LogP contribution in [0.4, 0.5) is 0 Å². The van der Waals surface area contributed by atoms with Gasteiger partial charge in [-0.25, -0.2) is 0 Å². The van der Waals surface area contributed by atoms with Gasteiger partial charge in [0.05, 0.1) is 5.52 Å². The molecule has 21 heavy (non-hydrogen) atoms. The zero-order valence-corrected chi connectivity index (χ0v) is 12.1. The van der Waals surface area contributed by atoms with Gasteiger partial charge in [-0.2, -0.15) is 0 Å². The molecule has 0 atom stereocenters. The lowest BCUT2D eigenvalue weighted by atomic mass is 9.82. The van der Waals surface area contributed by atoms with Gasteiger partial charge in [0.25, 0.3) is 0 Å². The van der Waals surface area contributed by atoms with E-state index in [9.17, 15) is 0 Å². The summed E-state index contributed by atoms with van der Waals surface area (Å²) < 4.78 is 0. The molecule has 0 radical (unpaired) electrons. The predicted molar refractivity (Wildman–Crippen MR) is 88.9 cm³/mol. The highest BCUT2D eigenvalue weighted by atomic mass is 14.6. The van der Waals surface area contributed by atoms with Crippen LogP contribution >= 0.6 is 0 Å². The quantitative estimate of drug-likeness (QED) is 0.401. The first-order valence-corrected chi connectivity index (χ1v) is 7.43. The van der Waals surface area contributed by atoms with Crippen LogP contribution in [0.3, 0.4) is 0 Å². The summed E-state index contributed by atoms with van der Waals surface area (Å²) in [4.78, 5) is 4.67. The summed E-state index contributed by atoms with van der Waals surface area (Å²) in [7, 11) is 0. The summed E-state index contributed by atoms with van der Waals surface area (Å²) in [6, 6.07) is 17.6. The second-order valence-electron chi connectivity index (χ2n) is 6.48. The minimum absolute atomic E-state index is 0.0682. The zero-order valence-electron chi connectivity index (χ0n) is 12.1. The standard InChI is InChI=1S/C20H15N/c1-20(2)15-9-3-6-12-13-8-5-11-21-19(13)14-7-4-10-16(20)18(14)17(12)15/h3-11H,1-2H3. The summed E-state index contributed by atoms with van der Waals surface area (Å²) in [6.07, 6.45) is 1.90. The lowest BCUT2D eigenvalue weighted by Gasteiger charge is -2.21. The van der Waals surface area contributed by atoms with Crippen molar-refractivity contribution in [3.8, 4) is 0 Å². The van der Waals surface area contributed by atoms with Crippen molar-refractivity contribution in [2.24, 2.45) is 0 Å². The van der Waals surface area contributed by atoms with Gasteiger partial charge in [0.1, 0.15) is 0 Å². The smallest absolute Gasteiger partial charge is 0.0786 e. The van der Waals surface area contributed by atoms with E-state index in [0.29, 0.717) is 0 Å². The maximum atomic E-state index is 4.67. The van der Waals surface area contributed by atoms with Gasteiger partial charge in [-0.05, 0) is 33.4 Å². The number of hydrogen-bond donors (Lipinski definition) is 0. The van der Waals surface area contributed by atoms with Crippen molar-refractivity contribution >= 4 is 32.4 Å². The summed E-state index contributed by atoms with van der Waals surface area (Å²) in [5.41, 5.74) is 4.06. The first-order valence-electron chi connectivity index (χ1n) is 7.43. The van der Waals surface area contributed by atoms with Crippen molar-refractivity contribution in [2.45, 2.75) is 19.3 Å². The molecule has 1 aliphatic rings. The van der Waals surface area contributed by atoms with Gasteiger partial charge in [0.2, 0.25) is 0 Å². The van der Waals surface area contributed by atoms with Crippen LogP contribution in [0.2, 0.25) is 0 Å². The Morgan fingerprint density at radius 2 is 1.33 bits per heavy atom. The molecule has 1 heterocycles.